The summed E-state index contributed by atoms with van der Waals surface area (Å²) in [6.07, 6.45) is 1.77. The molecule has 0 aliphatic rings. The molecule has 0 spiro atoms. The van der Waals surface area contributed by atoms with E-state index in [4.69, 9.17) is 5.11 Å². The van der Waals surface area contributed by atoms with Crippen LogP contribution in [0.3, 0.4) is 0 Å². The van der Waals surface area contributed by atoms with Crippen LogP contribution in [-0.2, 0) is 4.79 Å². The maximum Gasteiger partial charge on any atom is 0.148 e. The third-order valence-corrected chi connectivity index (χ3v) is 1.47. The average molecular weight is 130 g/mol. The van der Waals surface area contributed by atoms with E-state index in [0.717, 1.165) is 12.8 Å². The molecule has 0 radical (unpaired) electrons. The van der Waals surface area contributed by atoms with Gasteiger partial charge in [-0.3, -0.25) is 0 Å². The van der Waals surface area contributed by atoms with Crippen LogP contribution in [0.4, 0.5) is 0 Å². The highest BCUT2D eigenvalue weighted by Gasteiger charge is 2.10. The lowest BCUT2D eigenvalue weighted by Crippen LogP contribution is -2.18. The highest BCUT2D eigenvalue weighted by Crippen LogP contribution is 2.07. The molecular formula is C7H14O2. The molecular weight excluding hydrogens is 116 g/mol. The van der Waals surface area contributed by atoms with Gasteiger partial charge in [0.25, 0.3) is 0 Å². The van der Waals surface area contributed by atoms with Crippen LogP contribution in [0.1, 0.15) is 26.7 Å². The van der Waals surface area contributed by atoms with Crippen LogP contribution < -0.4 is 0 Å². The second kappa shape index (κ2) is 4.50. The van der Waals surface area contributed by atoms with Crippen LogP contribution >= 0.6 is 0 Å². The van der Waals surface area contributed by atoms with Crippen molar-refractivity contribution in [2.75, 3.05) is 0 Å². The zero-order valence-corrected chi connectivity index (χ0v) is 6.00. The van der Waals surface area contributed by atoms with Gasteiger partial charge in [0, 0.05) is 0 Å². The number of hydrogen-bond donors (Lipinski definition) is 1. The minimum absolute atomic E-state index is 0.118. The normalized spacial score (nSPS) is 16.8. The van der Waals surface area contributed by atoms with E-state index in [1.165, 1.54) is 0 Å². The van der Waals surface area contributed by atoms with Gasteiger partial charge in [-0.05, 0) is 12.3 Å². The third-order valence-electron chi connectivity index (χ3n) is 1.47. The topological polar surface area (TPSA) is 37.3 Å². The average Bonchev–Trinajstić information content (AvgIpc) is 1.87. The van der Waals surface area contributed by atoms with E-state index in [1.54, 1.807) is 0 Å². The molecule has 0 amide bonds. The Kier molecular flexibility index (Phi) is 4.32. The second-order valence-corrected chi connectivity index (χ2v) is 2.39. The lowest BCUT2D eigenvalue weighted by atomic mass is 10.0. The van der Waals surface area contributed by atoms with E-state index in [2.05, 4.69) is 0 Å². The Labute approximate surface area is 55.9 Å². The molecule has 0 aromatic heterocycles. The van der Waals surface area contributed by atoms with Gasteiger partial charge >= 0.3 is 0 Å². The summed E-state index contributed by atoms with van der Waals surface area (Å²) < 4.78 is 0. The predicted octanol–water partition coefficient (Wildman–Crippen LogP) is 0.982. The molecule has 0 aliphatic carbocycles. The van der Waals surface area contributed by atoms with E-state index in [1.807, 2.05) is 13.8 Å². The van der Waals surface area contributed by atoms with Gasteiger partial charge in [-0.15, -0.1) is 0 Å². The molecule has 2 atom stereocenters. The summed E-state index contributed by atoms with van der Waals surface area (Å²) in [5, 5.41) is 8.89. The van der Waals surface area contributed by atoms with Gasteiger partial charge in [0.15, 0.2) is 0 Å². The van der Waals surface area contributed by atoms with E-state index < -0.39 is 6.10 Å². The first-order valence-corrected chi connectivity index (χ1v) is 3.35. The monoisotopic (exact) mass is 130 g/mol. The van der Waals surface area contributed by atoms with Gasteiger partial charge in [0.1, 0.15) is 12.4 Å². The summed E-state index contributed by atoms with van der Waals surface area (Å²) in [7, 11) is 0. The Morgan fingerprint density at radius 1 is 1.67 bits per heavy atom. The zero-order chi connectivity index (χ0) is 7.28. The van der Waals surface area contributed by atoms with Crippen molar-refractivity contribution in [3.63, 3.8) is 0 Å². The van der Waals surface area contributed by atoms with Gasteiger partial charge in [0.05, 0.1) is 0 Å². The molecule has 0 aliphatic heterocycles. The number of hydrogen-bond acceptors (Lipinski definition) is 2. The Morgan fingerprint density at radius 3 is 2.56 bits per heavy atom. The quantitative estimate of drug-likeness (QED) is 0.576. The Morgan fingerprint density at radius 2 is 2.22 bits per heavy atom. The van der Waals surface area contributed by atoms with Crippen LogP contribution in [0, 0.1) is 5.92 Å². The predicted molar refractivity (Wildman–Crippen MR) is 36.1 cm³/mol. The Balaban J connectivity index is 3.44. The lowest BCUT2D eigenvalue weighted by molar-refractivity contribution is -0.117. The van der Waals surface area contributed by atoms with E-state index in [0.29, 0.717) is 6.29 Å². The van der Waals surface area contributed by atoms with Crippen molar-refractivity contribution in [2.45, 2.75) is 32.8 Å². The van der Waals surface area contributed by atoms with Crippen LogP contribution in [-0.4, -0.2) is 17.5 Å². The molecule has 0 fully saturated rings. The molecule has 0 heterocycles. The fraction of sp³-hybridized carbons (Fsp3) is 0.857. The molecule has 9 heavy (non-hydrogen) atoms. The summed E-state index contributed by atoms with van der Waals surface area (Å²) in [6, 6.07) is 0. The van der Waals surface area contributed by atoms with Crippen LogP contribution in [0.5, 0.6) is 0 Å². The van der Waals surface area contributed by atoms with Gasteiger partial charge in [-0.25, -0.2) is 0 Å². The van der Waals surface area contributed by atoms with Crippen molar-refractivity contribution in [1.29, 1.82) is 0 Å². The van der Waals surface area contributed by atoms with Crippen molar-refractivity contribution in [3.8, 4) is 0 Å². The van der Waals surface area contributed by atoms with Crippen molar-refractivity contribution in [3.05, 3.63) is 0 Å². The molecule has 0 bridgehead atoms. The fourth-order valence-electron chi connectivity index (χ4n) is 0.760. The van der Waals surface area contributed by atoms with Crippen molar-refractivity contribution in [1.82, 2.24) is 0 Å². The minimum Gasteiger partial charge on any atom is -0.385 e. The molecule has 2 heteroatoms. The molecule has 0 aromatic rings. The van der Waals surface area contributed by atoms with Crippen molar-refractivity contribution in [2.24, 2.45) is 5.92 Å². The Bertz CT molecular complexity index is 81.0. The smallest absolute Gasteiger partial charge is 0.148 e. The van der Waals surface area contributed by atoms with Crippen LogP contribution in [0.2, 0.25) is 0 Å². The highest BCUT2D eigenvalue weighted by molar-refractivity contribution is 5.55. The summed E-state index contributed by atoms with van der Waals surface area (Å²) >= 11 is 0. The SMILES string of the molecule is CCCC(C)C(O)C=O. The first-order valence-electron chi connectivity index (χ1n) is 3.35. The second-order valence-electron chi connectivity index (χ2n) is 2.39. The van der Waals surface area contributed by atoms with Gasteiger partial charge in [0.2, 0.25) is 0 Å². The maximum absolute atomic E-state index is 9.97. The Hall–Kier alpha value is -0.370. The molecule has 0 rings (SSSR count). The fourth-order valence-corrected chi connectivity index (χ4v) is 0.760. The molecule has 2 nitrogen and oxygen atoms in total. The zero-order valence-electron chi connectivity index (χ0n) is 6.00. The molecule has 0 aromatic carbocycles. The minimum atomic E-state index is -0.759. The van der Waals surface area contributed by atoms with Crippen LogP contribution in [0.15, 0.2) is 0 Å². The first-order chi connectivity index (χ1) is 4.22. The van der Waals surface area contributed by atoms with E-state index in [9.17, 15) is 4.79 Å². The molecule has 2 unspecified atom stereocenters. The maximum atomic E-state index is 9.97. The van der Waals surface area contributed by atoms with E-state index in [-0.39, 0.29) is 5.92 Å². The molecule has 54 valence electrons. The first kappa shape index (κ1) is 8.63. The number of carbonyl (C=O) groups is 1. The molecule has 0 saturated carbocycles. The number of aldehydes is 1. The van der Waals surface area contributed by atoms with Crippen molar-refractivity contribution >= 4 is 6.29 Å². The van der Waals surface area contributed by atoms with Gasteiger partial charge in [-0.1, -0.05) is 20.3 Å². The number of aliphatic hydroxyl groups is 1. The van der Waals surface area contributed by atoms with Gasteiger partial charge in [-0.2, -0.15) is 0 Å². The van der Waals surface area contributed by atoms with Gasteiger partial charge < -0.3 is 9.90 Å². The number of aliphatic hydroxyl groups excluding tert-OH is 1. The largest absolute Gasteiger partial charge is 0.385 e. The van der Waals surface area contributed by atoms with E-state index >= 15 is 0 Å². The summed E-state index contributed by atoms with van der Waals surface area (Å²) in [5.74, 6) is 0.118. The van der Waals surface area contributed by atoms with Crippen molar-refractivity contribution < 1.29 is 9.90 Å². The standard InChI is InChI=1S/C7H14O2/c1-3-4-6(2)7(9)5-8/h5-7,9H,3-4H2,1-2H3. The lowest BCUT2D eigenvalue weighted by Gasteiger charge is -2.10. The number of rotatable bonds is 4. The third kappa shape index (κ3) is 3.25. The summed E-state index contributed by atoms with van der Waals surface area (Å²) in [6.45, 7) is 3.91. The molecule has 1 N–H and O–H groups in total. The van der Waals surface area contributed by atoms with Crippen LogP contribution in [0.25, 0.3) is 0 Å². The highest BCUT2D eigenvalue weighted by atomic mass is 16.3. The molecule has 0 saturated heterocycles. The summed E-state index contributed by atoms with van der Waals surface area (Å²) in [4.78, 5) is 9.97. The summed E-state index contributed by atoms with van der Waals surface area (Å²) in [5.41, 5.74) is 0. The number of carbonyl (C=O) groups excluding carboxylic acids is 1.